The Morgan fingerprint density at radius 1 is 1.18 bits per heavy atom. The molecule has 0 unspecified atom stereocenters. The number of morpholine rings is 1. The van der Waals surface area contributed by atoms with Crippen molar-refractivity contribution in [2.24, 2.45) is 0 Å². The van der Waals surface area contributed by atoms with Crippen LogP contribution in [-0.2, 0) is 9.53 Å². The quantitative estimate of drug-likeness (QED) is 0.183. The molecule has 1 aliphatic heterocycles. The monoisotopic (exact) mass is 485 g/mol. The third kappa shape index (κ3) is 6.10. The van der Waals surface area contributed by atoms with Gasteiger partial charge in [0.05, 0.1) is 28.4 Å². The highest BCUT2D eigenvalue weighted by Gasteiger charge is 2.20. The van der Waals surface area contributed by atoms with E-state index < -0.39 is 0 Å². The van der Waals surface area contributed by atoms with Gasteiger partial charge in [0.2, 0.25) is 5.91 Å². The number of hydroxylamine groups is 1. The van der Waals surface area contributed by atoms with Crippen molar-refractivity contribution < 1.29 is 14.7 Å². The van der Waals surface area contributed by atoms with Crippen molar-refractivity contribution in [2.45, 2.75) is 32.1 Å². The zero-order valence-corrected chi connectivity index (χ0v) is 20.2. The molecular formula is C23H31N7O3S. The molecule has 0 spiro atoms. The highest BCUT2D eigenvalue weighted by atomic mass is 32.1. The van der Waals surface area contributed by atoms with Crippen molar-refractivity contribution in [1.82, 2.24) is 20.4 Å². The number of nitrogens with zero attached hydrogens (tertiary/aromatic N) is 4. The number of nitrogens with one attached hydrogen (secondary N) is 3. The van der Waals surface area contributed by atoms with Gasteiger partial charge in [-0.15, -0.1) is 11.3 Å². The molecule has 4 N–H and O–H groups in total. The van der Waals surface area contributed by atoms with Gasteiger partial charge < -0.3 is 20.3 Å². The van der Waals surface area contributed by atoms with E-state index >= 15 is 0 Å². The van der Waals surface area contributed by atoms with Crippen molar-refractivity contribution >= 4 is 44.1 Å². The second-order valence-corrected chi connectivity index (χ2v) is 9.16. The lowest BCUT2D eigenvalue weighted by molar-refractivity contribution is -0.129. The molecule has 0 bridgehead atoms. The first-order valence-corrected chi connectivity index (χ1v) is 12.4. The molecule has 10 nitrogen and oxygen atoms in total. The van der Waals surface area contributed by atoms with Gasteiger partial charge in [-0.3, -0.25) is 10.0 Å². The van der Waals surface area contributed by atoms with E-state index in [4.69, 9.17) is 19.9 Å². The predicted octanol–water partition coefficient (Wildman–Crippen LogP) is 3.50. The summed E-state index contributed by atoms with van der Waals surface area (Å²) in [5, 5.41) is 16.2. The predicted molar refractivity (Wildman–Crippen MR) is 135 cm³/mol. The normalized spacial score (nSPS) is 13.8. The van der Waals surface area contributed by atoms with Gasteiger partial charge in [-0.05, 0) is 31.0 Å². The van der Waals surface area contributed by atoms with Gasteiger partial charge in [0, 0.05) is 44.9 Å². The third-order valence-corrected chi connectivity index (χ3v) is 6.77. The number of carbonyl (C=O) groups is 1. The Morgan fingerprint density at radius 2 is 2.00 bits per heavy atom. The van der Waals surface area contributed by atoms with E-state index in [1.165, 1.54) is 0 Å². The molecule has 0 atom stereocenters. The minimum atomic E-state index is -0.325. The van der Waals surface area contributed by atoms with E-state index in [1.54, 1.807) is 23.0 Å². The Labute approximate surface area is 202 Å². The van der Waals surface area contributed by atoms with Gasteiger partial charge in [-0.1, -0.05) is 12.8 Å². The minimum Gasteiger partial charge on any atom is -0.378 e. The zero-order valence-electron chi connectivity index (χ0n) is 19.3. The molecule has 1 saturated heterocycles. The Balaban J connectivity index is 1.47. The van der Waals surface area contributed by atoms with Crippen LogP contribution in [0.25, 0.3) is 21.6 Å². The summed E-state index contributed by atoms with van der Waals surface area (Å²) in [5.41, 5.74) is 3.47. The molecule has 1 fully saturated rings. The largest absolute Gasteiger partial charge is 0.378 e. The molecule has 0 aromatic carbocycles. The van der Waals surface area contributed by atoms with Crippen LogP contribution < -0.4 is 21.0 Å². The average molecular weight is 486 g/mol. The second kappa shape index (κ2) is 11.9. The van der Waals surface area contributed by atoms with Crippen LogP contribution in [0.2, 0.25) is 0 Å². The maximum absolute atomic E-state index is 11.1. The van der Waals surface area contributed by atoms with Gasteiger partial charge in [-0.25, -0.2) is 20.4 Å². The van der Waals surface area contributed by atoms with E-state index in [2.05, 4.69) is 26.6 Å². The number of rotatable bonds is 11. The lowest BCUT2D eigenvalue weighted by Crippen LogP contribution is -2.36. The summed E-state index contributed by atoms with van der Waals surface area (Å²) in [6.07, 6.45) is 5.92. The maximum atomic E-state index is 11.1. The number of hydrogen-bond donors (Lipinski definition) is 4. The highest BCUT2D eigenvalue weighted by Crippen LogP contribution is 2.36. The number of aromatic nitrogens is 3. The number of amides is 1. The van der Waals surface area contributed by atoms with Crippen molar-refractivity contribution in [3.05, 3.63) is 24.4 Å². The molecule has 4 heterocycles. The molecule has 3 aromatic rings. The SMILES string of the molecule is CNc1ccc(-c2nc(N3CCOCC3)c3sc(NCCCCCCC(=O)NO)cc3n2)cn1. The van der Waals surface area contributed by atoms with Gasteiger partial charge in [0.15, 0.2) is 11.6 Å². The number of thiophene rings is 1. The number of hydrogen-bond acceptors (Lipinski definition) is 10. The van der Waals surface area contributed by atoms with Gasteiger partial charge >= 0.3 is 0 Å². The minimum absolute atomic E-state index is 0.325. The average Bonchev–Trinajstić information content (AvgIpc) is 3.30. The number of pyridine rings is 1. The summed E-state index contributed by atoms with van der Waals surface area (Å²) in [4.78, 5) is 27.5. The van der Waals surface area contributed by atoms with E-state index in [0.29, 0.717) is 25.5 Å². The lowest BCUT2D eigenvalue weighted by atomic mass is 10.1. The maximum Gasteiger partial charge on any atom is 0.243 e. The summed E-state index contributed by atoms with van der Waals surface area (Å²) >= 11 is 1.68. The number of anilines is 3. The van der Waals surface area contributed by atoms with Crippen LogP contribution in [0.3, 0.4) is 0 Å². The first kappa shape index (κ1) is 24.1. The van der Waals surface area contributed by atoms with Crippen LogP contribution in [0, 0.1) is 0 Å². The molecule has 0 saturated carbocycles. The van der Waals surface area contributed by atoms with E-state index in [1.807, 2.05) is 19.2 Å². The van der Waals surface area contributed by atoms with Crippen LogP contribution in [0.15, 0.2) is 24.4 Å². The van der Waals surface area contributed by atoms with E-state index in [0.717, 1.165) is 77.7 Å². The fourth-order valence-electron chi connectivity index (χ4n) is 3.83. The Hall–Kier alpha value is -3.02. The van der Waals surface area contributed by atoms with Crippen molar-refractivity contribution in [2.75, 3.05) is 55.4 Å². The summed E-state index contributed by atoms with van der Waals surface area (Å²) in [6.45, 7) is 3.84. The van der Waals surface area contributed by atoms with Crippen LogP contribution in [0.1, 0.15) is 32.1 Å². The topological polar surface area (TPSA) is 125 Å². The smallest absolute Gasteiger partial charge is 0.243 e. The summed E-state index contributed by atoms with van der Waals surface area (Å²) < 4.78 is 6.62. The zero-order chi connectivity index (χ0) is 23.8. The molecule has 3 aromatic heterocycles. The van der Waals surface area contributed by atoms with Crippen LogP contribution in [-0.4, -0.2) is 66.0 Å². The fourth-order valence-corrected chi connectivity index (χ4v) is 4.87. The standard InChI is InChI=1S/C23H31N7O3S/c1-24-18-8-7-16(15-26-18)22-27-17-14-20(25-9-5-3-2-4-6-19(31)29-32)34-21(17)23(28-22)30-10-12-33-13-11-30/h7-8,14-15,25,32H,2-6,9-13H2,1H3,(H,24,26)(H,29,31). The van der Waals surface area contributed by atoms with E-state index in [-0.39, 0.29) is 5.91 Å². The Bertz CT molecular complexity index is 1080. The first-order chi connectivity index (χ1) is 16.7. The molecule has 11 heteroatoms. The van der Waals surface area contributed by atoms with Gasteiger partial charge in [0.25, 0.3) is 0 Å². The van der Waals surface area contributed by atoms with Crippen molar-refractivity contribution in [3.8, 4) is 11.4 Å². The molecule has 182 valence electrons. The molecule has 0 aliphatic carbocycles. The van der Waals surface area contributed by atoms with Crippen LogP contribution in [0.4, 0.5) is 16.6 Å². The highest BCUT2D eigenvalue weighted by molar-refractivity contribution is 7.23. The number of unbranched alkanes of at least 4 members (excludes halogenated alkanes) is 3. The summed E-state index contributed by atoms with van der Waals surface area (Å²) in [5.74, 6) is 2.09. The van der Waals surface area contributed by atoms with Crippen molar-refractivity contribution in [3.63, 3.8) is 0 Å². The molecular weight excluding hydrogens is 454 g/mol. The molecule has 4 rings (SSSR count). The number of carbonyl (C=O) groups excluding carboxylic acids is 1. The van der Waals surface area contributed by atoms with Crippen LogP contribution >= 0.6 is 11.3 Å². The van der Waals surface area contributed by atoms with Gasteiger partial charge in [-0.2, -0.15) is 0 Å². The number of ether oxygens (including phenoxy) is 1. The number of fused-ring (bicyclic) bond motifs is 1. The lowest BCUT2D eigenvalue weighted by Gasteiger charge is -2.28. The first-order valence-electron chi connectivity index (χ1n) is 11.6. The summed E-state index contributed by atoms with van der Waals surface area (Å²) in [7, 11) is 1.84. The van der Waals surface area contributed by atoms with Crippen LogP contribution in [0.5, 0.6) is 0 Å². The molecule has 34 heavy (non-hydrogen) atoms. The fraction of sp³-hybridized carbons (Fsp3) is 0.478. The molecule has 1 aliphatic rings. The second-order valence-electron chi connectivity index (χ2n) is 8.10. The third-order valence-electron chi connectivity index (χ3n) is 5.70. The Morgan fingerprint density at radius 3 is 2.74 bits per heavy atom. The molecule has 0 radical (unpaired) electrons. The molecule has 1 amide bonds. The van der Waals surface area contributed by atoms with Crippen molar-refractivity contribution in [1.29, 1.82) is 0 Å². The van der Waals surface area contributed by atoms with Gasteiger partial charge in [0.1, 0.15) is 5.82 Å². The van der Waals surface area contributed by atoms with E-state index in [9.17, 15) is 4.79 Å². The Kier molecular flexibility index (Phi) is 8.45. The summed E-state index contributed by atoms with van der Waals surface area (Å²) in [6, 6.07) is 6.00.